The van der Waals surface area contributed by atoms with Crippen molar-refractivity contribution >= 4 is 5.91 Å². The highest BCUT2D eigenvalue weighted by Crippen LogP contribution is 2.26. The summed E-state index contributed by atoms with van der Waals surface area (Å²) in [6.07, 6.45) is 5.61. The number of aliphatic hydroxyl groups is 1. The SMILES string of the molecule is O=C(c1ccccn1)N(CCCO)C1CCC1. The van der Waals surface area contributed by atoms with Crippen LogP contribution >= 0.6 is 0 Å². The van der Waals surface area contributed by atoms with Gasteiger partial charge in [0, 0.05) is 25.4 Å². The van der Waals surface area contributed by atoms with E-state index in [1.54, 1.807) is 18.3 Å². The fraction of sp³-hybridized carbons (Fsp3) is 0.538. The average Bonchev–Trinajstić information content (AvgIpc) is 2.32. The Kier molecular flexibility index (Phi) is 4.09. The number of amides is 1. The van der Waals surface area contributed by atoms with Crippen LogP contribution in [0.25, 0.3) is 0 Å². The van der Waals surface area contributed by atoms with Gasteiger partial charge in [0.25, 0.3) is 5.91 Å². The summed E-state index contributed by atoms with van der Waals surface area (Å²) in [5.74, 6) is -0.0104. The van der Waals surface area contributed by atoms with Crippen molar-refractivity contribution in [3.8, 4) is 0 Å². The first-order valence-electron chi connectivity index (χ1n) is 6.16. The molecule has 1 fully saturated rings. The Morgan fingerprint density at radius 2 is 2.29 bits per heavy atom. The number of aliphatic hydroxyl groups excluding tert-OH is 1. The van der Waals surface area contributed by atoms with Gasteiger partial charge in [0.15, 0.2) is 0 Å². The van der Waals surface area contributed by atoms with Crippen LogP contribution in [0.4, 0.5) is 0 Å². The van der Waals surface area contributed by atoms with Crippen LogP contribution in [0.2, 0.25) is 0 Å². The van der Waals surface area contributed by atoms with Crippen LogP contribution in [0.3, 0.4) is 0 Å². The number of nitrogens with zero attached hydrogens (tertiary/aromatic N) is 2. The van der Waals surface area contributed by atoms with Crippen LogP contribution in [0, 0.1) is 0 Å². The predicted molar refractivity (Wildman–Crippen MR) is 64.6 cm³/mol. The molecule has 0 radical (unpaired) electrons. The highest BCUT2D eigenvalue weighted by atomic mass is 16.3. The van der Waals surface area contributed by atoms with Crippen molar-refractivity contribution in [3.05, 3.63) is 30.1 Å². The summed E-state index contributed by atoms with van der Waals surface area (Å²) in [5.41, 5.74) is 0.498. The van der Waals surface area contributed by atoms with E-state index in [1.807, 2.05) is 11.0 Å². The maximum absolute atomic E-state index is 12.3. The van der Waals surface area contributed by atoms with Crippen LogP contribution < -0.4 is 0 Å². The van der Waals surface area contributed by atoms with E-state index in [0.717, 1.165) is 12.8 Å². The van der Waals surface area contributed by atoms with Crippen LogP contribution in [0.5, 0.6) is 0 Å². The van der Waals surface area contributed by atoms with Gasteiger partial charge in [0.1, 0.15) is 5.69 Å². The summed E-state index contributed by atoms with van der Waals surface area (Å²) < 4.78 is 0. The minimum atomic E-state index is -0.0104. The van der Waals surface area contributed by atoms with E-state index < -0.39 is 0 Å². The number of rotatable bonds is 5. The first-order valence-corrected chi connectivity index (χ1v) is 6.16. The fourth-order valence-corrected chi connectivity index (χ4v) is 2.03. The molecule has 4 heteroatoms. The molecular formula is C13H18N2O2. The Hall–Kier alpha value is -1.42. The van der Waals surface area contributed by atoms with E-state index in [0.29, 0.717) is 24.7 Å². The van der Waals surface area contributed by atoms with E-state index >= 15 is 0 Å². The molecule has 1 aromatic rings. The topological polar surface area (TPSA) is 53.4 Å². The van der Waals surface area contributed by atoms with E-state index in [4.69, 9.17) is 5.11 Å². The number of hydrogen-bond donors (Lipinski definition) is 1. The van der Waals surface area contributed by atoms with Gasteiger partial charge in [0.2, 0.25) is 0 Å². The van der Waals surface area contributed by atoms with Gasteiger partial charge >= 0.3 is 0 Å². The molecule has 1 amide bonds. The van der Waals surface area contributed by atoms with E-state index in [1.165, 1.54) is 6.42 Å². The average molecular weight is 234 g/mol. The van der Waals surface area contributed by atoms with Gasteiger partial charge in [-0.1, -0.05) is 6.07 Å². The van der Waals surface area contributed by atoms with Gasteiger partial charge in [-0.25, -0.2) is 0 Å². The molecule has 0 unspecified atom stereocenters. The summed E-state index contributed by atoms with van der Waals surface area (Å²) in [7, 11) is 0. The Bertz CT molecular complexity index is 363. The summed E-state index contributed by atoms with van der Waals surface area (Å²) in [5, 5.41) is 8.89. The molecule has 1 saturated carbocycles. The maximum atomic E-state index is 12.3. The zero-order valence-corrected chi connectivity index (χ0v) is 9.88. The second-order valence-corrected chi connectivity index (χ2v) is 4.38. The lowest BCUT2D eigenvalue weighted by Gasteiger charge is -2.37. The summed E-state index contributed by atoms with van der Waals surface area (Å²) in [6, 6.07) is 5.71. The van der Waals surface area contributed by atoms with Crippen molar-refractivity contribution in [3.63, 3.8) is 0 Å². The fourth-order valence-electron chi connectivity index (χ4n) is 2.03. The zero-order valence-electron chi connectivity index (χ0n) is 9.88. The molecule has 4 nitrogen and oxygen atoms in total. The third-order valence-corrected chi connectivity index (χ3v) is 3.22. The van der Waals surface area contributed by atoms with E-state index in [2.05, 4.69) is 4.98 Å². The molecule has 1 aliphatic carbocycles. The third kappa shape index (κ3) is 2.82. The minimum Gasteiger partial charge on any atom is -0.396 e. The lowest BCUT2D eigenvalue weighted by Crippen LogP contribution is -2.45. The van der Waals surface area contributed by atoms with Crippen molar-refractivity contribution in [2.75, 3.05) is 13.2 Å². The molecule has 1 aromatic heterocycles. The van der Waals surface area contributed by atoms with Crippen molar-refractivity contribution in [2.24, 2.45) is 0 Å². The summed E-state index contributed by atoms with van der Waals surface area (Å²) in [6.45, 7) is 0.745. The quantitative estimate of drug-likeness (QED) is 0.839. The number of carbonyl (C=O) groups excluding carboxylic acids is 1. The first kappa shape index (κ1) is 12.0. The van der Waals surface area contributed by atoms with Gasteiger partial charge in [0.05, 0.1) is 0 Å². The van der Waals surface area contributed by atoms with Gasteiger partial charge < -0.3 is 10.0 Å². The number of carbonyl (C=O) groups is 1. The van der Waals surface area contributed by atoms with Crippen LogP contribution in [-0.2, 0) is 0 Å². The molecule has 0 saturated heterocycles. The highest BCUT2D eigenvalue weighted by molar-refractivity contribution is 5.92. The van der Waals surface area contributed by atoms with Crippen molar-refractivity contribution in [1.82, 2.24) is 9.88 Å². The van der Waals surface area contributed by atoms with Gasteiger partial charge in [-0.3, -0.25) is 9.78 Å². The van der Waals surface area contributed by atoms with E-state index in [-0.39, 0.29) is 12.5 Å². The molecular weight excluding hydrogens is 216 g/mol. The molecule has 0 bridgehead atoms. The molecule has 0 aromatic carbocycles. The Morgan fingerprint density at radius 1 is 1.47 bits per heavy atom. The molecule has 0 atom stereocenters. The van der Waals surface area contributed by atoms with Gasteiger partial charge in [-0.15, -0.1) is 0 Å². The molecule has 92 valence electrons. The Labute approximate surface area is 101 Å². The summed E-state index contributed by atoms with van der Waals surface area (Å²) in [4.78, 5) is 18.2. The molecule has 1 aliphatic rings. The van der Waals surface area contributed by atoms with Crippen molar-refractivity contribution in [1.29, 1.82) is 0 Å². The predicted octanol–water partition coefficient (Wildman–Crippen LogP) is 1.46. The van der Waals surface area contributed by atoms with E-state index in [9.17, 15) is 4.79 Å². The maximum Gasteiger partial charge on any atom is 0.272 e. The zero-order chi connectivity index (χ0) is 12.1. The molecule has 0 aliphatic heterocycles. The number of pyridine rings is 1. The molecule has 1 heterocycles. The van der Waals surface area contributed by atoms with Crippen LogP contribution in [0.1, 0.15) is 36.2 Å². The number of aromatic nitrogens is 1. The monoisotopic (exact) mass is 234 g/mol. The van der Waals surface area contributed by atoms with Gasteiger partial charge in [-0.2, -0.15) is 0 Å². The normalized spacial score (nSPS) is 15.4. The smallest absolute Gasteiger partial charge is 0.272 e. The third-order valence-electron chi connectivity index (χ3n) is 3.22. The Balaban J connectivity index is 2.06. The highest BCUT2D eigenvalue weighted by Gasteiger charge is 2.29. The second kappa shape index (κ2) is 5.77. The number of hydrogen-bond acceptors (Lipinski definition) is 3. The van der Waals surface area contributed by atoms with Crippen LogP contribution in [0.15, 0.2) is 24.4 Å². The molecule has 2 rings (SSSR count). The first-order chi connectivity index (χ1) is 8.33. The molecule has 0 spiro atoms. The van der Waals surface area contributed by atoms with Gasteiger partial charge in [-0.05, 0) is 37.8 Å². The van der Waals surface area contributed by atoms with Crippen molar-refractivity contribution in [2.45, 2.75) is 31.7 Å². The lowest BCUT2D eigenvalue weighted by molar-refractivity contribution is 0.0556. The second-order valence-electron chi connectivity index (χ2n) is 4.38. The largest absolute Gasteiger partial charge is 0.396 e. The lowest BCUT2D eigenvalue weighted by atomic mass is 9.91. The Morgan fingerprint density at radius 3 is 2.82 bits per heavy atom. The van der Waals surface area contributed by atoms with Crippen LogP contribution in [-0.4, -0.2) is 40.1 Å². The minimum absolute atomic E-state index is 0.0104. The standard InChI is InChI=1S/C13H18N2O2/c16-10-4-9-15(11-5-3-6-11)13(17)12-7-1-2-8-14-12/h1-2,7-8,11,16H,3-6,9-10H2. The summed E-state index contributed by atoms with van der Waals surface area (Å²) >= 11 is 0. The molecule has 1 N–H and O–H groups in total. The van der Waals surface area contributed by atoms with Crippen molar-refractivity contribution < 1.29 is 9.90 Å². The molecule has 17 heavy (non-hydrogen) atoms.